The second kappa shape index (κ2) is 9.39. The van der Waals surface area contributed by atoms with Crippen LogP contribution in [0.4, 0.5) is 0 Å². The number of rotatable bonds is 9. The highest BCUT2D eigenvalue weighted by atomic mass is 16.5. The van der Waals surface area contributed by atoms with Gasteiger partial charge in [0.15, 0.2) is 0 Å². The molecule has 0 bridgehead atoms. The summed E-state index contributed by atoms with van der Waals surface area (Å²) in [6.45, 7) is 5.79. The number of methoxy groups -OCH3 is 1. The highest BCUT2D eigenvalue weighted by molar-refractivity contribution is 5.79. The third kappa shape index (κ3) is 6.61. The first-order valence-corrected chi connectivity index (χ1v) is 6.15. The van der Waals surface area contributed by atoms with Gasteiger partial charge in [0.1, 0.15) is 0 Å². The monoisotopic (exact) mass is 246 g/mol. The molecule has 0 saturated heterocycles. The summed E-state index contributed by atoms with van der Waals surface area (Å²) in [5.74, 6) is 0.302. The molecule has 102 valence electrons. The van der Waals surface area contributed by atoms with Gasteiger partial charge in [-0.25, -0.2) is 0 Å². The average Bonchev–Trinajstić information content (AvgIpc) is 2.30. The first kappa shape index (κ1) is 16.4. The Kier molecular flexibility index (Phi) is 9.03. The summed E-state index contributed by atoms with van der Waals surface area (Å²) >= 11 is 0. The number of nitrogens with zero attached hydrogens (tertiary/aromatic N) is 1. The number of hydrogen-bond donors (Lipinski definition) is 2. The zero-order valence-corrected chi connectivity index (χ0v) is 11.2. The quantitative estimate of drug-likeness (QED) is 0.604. The van der Waals surface area contributed by atoms with Crippen molar-refractivity contribution in [1.29, 1.82) is 0 Å². The maximum Gasteiger partial charge on any atom is 0.227 e. The predicted octanol–water partition coefficient (Wildman–Crippen LogP) is 0.0747. The lowest BCUT2D eigenvalue weighted by molar-refractivity contribution is -0.136. The zero-order valence-electron chi connectivity index (χ0n) is 11.2. The number of hydrogen-bond acceptors (Lipinski definition) is 4. The van der Waals surface area contributed by atoms with E-state index in [-0.39, 0.29) is 18.4 Å². The van der Waals surface area contributed by atoms with Crippen LogP contribution in [0.3, 0.4) is 0 Å². The molecule has 1 unspecified atom stereocenters. The van der Waals surface area contributed by atoms with Gasteiger partial charge in [-0.2, -0.15) is 0 Å². The maximum absolute atomic E-state index is 12.2. The zero-order chi connectivity index (χ0) is 13.3. The van der Waals surface area contributed by atoms with Crippen LogP contribution in [0.15, 0.2) is 0 Å². The van der Waals surface area contributed by atoms with Gasteiger partial charge in [0, 0.05) is 26.7 Å². The van der Waals surface area contributed by atoms with Crippen molar-refractivity contribution in [2.75, 3.05) is 40.0 Å². The van der Waals surface area contributed by atoms with E-state index in [1.165, 1.54) is 0 Å². The summed E-state index contributed by atoms with van der Waals surface area (Å²) in [6.07, 6.45) is 0.782. The molecule has 0 aromatic carbocycles. The van der Waals surface area contributed by atoms with Gasteiger partial charge in [-0.3, -0.25) is 4.79 Å². The third-order valence-corrected chi connectivity index (χ3v) is 2.64. The lowest BCUT2D eigenvalue weighted by Gasteiger charge is -2.26. The van der Waals surface area contributed by atoms with Crippen molar-refractivity contribution in [3.05, 3.63) is 0 Å². The minimum atomic E-state index is -0.154. The van der Waals surface area contributed by atoms with Gasteiger partial charge in [0.2, 0.25) is 5.91 Å². The number of ether oxygens (including phenoxy) is 1. The van der Waals surface area contributed by atoms with Crippen LogP contribution < -0.4 is 5.73 Å². The summed E-state index contributed by atoms with van der Waals surface area (Å²) < 4.78 is 4.96. The molecule has 17 heavy (non-hydrogen) atoms. The smallest absolute Gasteiger partial charge is 0.227 e. The summed E-state index contributed by atoms with van der Waals surface area (Å²) in [4.78, 5) is 13.8. The van der Waals surface area contributed by atoms with E-state index in [0.717, 1.165) is 6.42 Å². The van der Waals surface area contributed by atoms with Gasteiger partial charge < -0.3 is 20.5 Å². The van der Waals surface area contributed by atoms with E-state index in [0.29, 0.717) is 32.2 Å². The summed E-state index contributed by atoms with van der Waals surface area (Å²) in [5.41, 5.74) is 5.64. The Balaban J connectivity index is 4.43. The van der Waals surface area contributed by atoms with E-state index in [1.807, 2.05) is 0 Å². The van der Waals surface area contributed by atoms with Crippen LogP contribution in [0, 0.1) is 11.8 Å². The molecule has 0 fully saturated rings. The van der Waals surface area contributed by atoms with Crippen molar-refractivity contribution in [2.45, 2.75) is 20.3 Å². The van der Waals surface area contributed by atoms with Crippen LogP contribution in [0.2, 0.25) is 0 Å². The molecule has 1 amide bonds. The first-order valence-electron chi connectivity index (χ1n) is 6.15. The van der Waals surface area contributed by atoms with Crippen molar-refractivity contribution >= 4 is 5.91 Å². The maximum atomic E-state index is 12.2. The Bertz CT molecular complexity index is 210. The fraction of sp³-hybridized carbons (Fsp3) is 0.917. The van der Waals surface area contributed by atoms with E-state index >= 15 is 0 Å². The van der Waals surface area contributed by atoms with Crippen molar-refractivity contribution in [2.24, 2.45) is 17.6 Å². The minimum Gasteiger partial charge on any atom is -0.395 e. The van der Waals surface area contributed by atoms with Gasteiger partial charge in [0.25, 0.3) is 0 Å². The topological polar surface area (TPSA) is 75.8 Å². The van der Waals surface area contributed by atoms with Crippen molar-refractivity contribution in [3.63, 3.8) is 0 Å². The van der Waals surface area contributed by atoms with E-state index in [2.05, 4.69) is 13.8 Å². The van der Waals surface area contributed by atoms with Crippen molar-refractivity contribution in [1.82, 2.24) is 4.90 Å². The van der Waals surface area contributed by atoms with E-state index in [9.17, 15) is 4.79 Å². The Morgan fingerprint density at radius 3 is 2.47 bits per heavy atom. The van der Waals surface area contributed by atoms with Gasteiger partial charge in [-0.1, -0.05) is 13.8 Å². The molecule has 0 saturated carbocycles. The molecule has 0 radical (unpaired) electrons. The lowest BCUT2D eigenvalue weighted by atomic mass is 9.96. The number of aliphatic hydroxyl groups excluding tert-OH is 1. The molecule has 0 aliphatic rings. The molecule has 1 atom stereocenters. The van der Waals surface area contributed by atoms with Gasteiger partial charge in [-0.15, -0.1) is 0 Å². The molecule has 0 aliphatic heterocycles. The van der Waals surface area contributed by atoms with Crippen LogP contribution in [-0.2, 0) is 9.53 Å². The molecule has 0 heterocycles. The fourth-order valence-electron chi connectivity index (χ4n) is 1.78. The van der Waals surface area contributed by atoms with Crippen LogP contribution in [-0.4, -0.2) is 55.9 Å². The van der Waals surface area contributed by atoms with Gasteiger partial charge >= 0.3 is 0 Å². The normalized spacial score (nSPS) is 12.8. The van der Waals surface area contributed by atoms with Gasteiger partial charge in [0.05, 0.1) is 19.1 Å². The number of amides is 1. The SMILES string of the molecule is COCCN(CCO)C(=O)C(CN)CC(C)C. The van der Waals surface area contributed by atoms with Crippen LogP contribution in [0.5, 0.6) is 0 Å². The molecule has 3 N–H and O–H groups in total. The second-order valence-corrected chi connectivity index (χ2v) is 4.60. The Morgan fingerprint density at radius 1 is 1.41 bits per heavy atom. The molecule has 0 aromatic rings. The summed E-state index contributed by atoms with van der Waals surface area (Å²) in [7, 11) is 1.59. The van der Waals surface area contributed by atoms with E-state index in [4.69, 9.17) is 15.6 Å². The largest absolute Gasteiger partial charge is 0.395 e. The Labute approximate surface area is 104 Å². The molecule has 5 nitrogen and oxygen atoms in total. The minimum absolute atomic E-state index is 0.0206. The van der Waals surface area contributed by atoms with E-state index in [1.54, 1.807) is 12.0 Å². The highest BCUT2D eigenvalue weighted by Gasteiger charge is 2.23. The molecular weight excluding hydrogens is 220 g/mol. The summed E-state index contributed by atoms with van der Waals surface area (Å²) in [6, 6.07) is 0. The molecule has 0 aliphatic carbocycles. The van der Waals surface area contributed by atoms with Crippen LogP contribution in [0.1, 0.15) is 20.3 Å². The molecular formula is C12H26N2O3. The number of carbonyl (C=O) groups excluding carboxylic acids is 1. The Hall–Kier alpha value is -0.650. The number of carbonyl (C=O) groups is 1. The molecule has 0 spiro atoms. The highest BCUT2D eigenvalue weighted by Crippen LogP contribution is 2.13. The summed E-state index contributed by atoms with van der Waals surface area (Å²) in [5, 5.41) is 8.96. The molecule has 0 aromatic heterocycles. The first-order chi connectivity index (χ1) is 8.06. The predicted molar refractivity (Wildman–Crippen MR) is 67.5 cm³/mol. The molecule has 5 heteroatoms. The van der Waals surface area contributed by atoms with Crippen LogP contribution in [0.25, 0.3) is 0 Å². The number of nitrogens with two attached hydrogens (primary N) is 1. The molecule has 0 rings (SSSR count). The van der Waals surface area contributed by atoms with Crippen LogP contribution >= 0.6 is 0 Å². The second-order valence-electron chi connectivity index (χ2n) is 4.60. The standard InChI is InChI=1S/C12H26N2O3/c1-10(2)8-11(9-13)12(16)14(4-6-15)5-7-17-3/h10-11,15H,4-9,13H2,1-3H3. The Morgan fingerprint density at radius 2 is 2.06 bits per heavy atom. The van der Waals surface area contributed by atoms with Crippen molar-refractivity contribution < 1.29 is 14.6 Å². The third-order valence-electron chi connectivity index (χ3n) is 2.64. The fourth-order valence-corrected chi connectivity index (χ4v) is 1.78. The van der Waals surface area contributed by atoms with Gasteiger partial charge in [-0.05, 0) is 12.3 Å². The number of aliphatic hydroxyl groups is 1. The van der Waals surface area contributed by atoms with Crippen molar-refractivity contribution in [3.8, 4) is 0 Å². The average molecular weight is 246 g/mol. The van der Waals surface area contributed by atoms with E-state index < -0.39 is 0 Å². The lowest BCUT2D eigenvalue weighted by Crippen LogP contribution is -2.42.